The van der Waals surface area contributed by atoms with E-state index in [0.717, 1.165) is 12.1 Å². The van der Waals surface area contributed by atoms with Crippen LogP contribution in [0, 0.1) is 5.82 Å². The number of methoxy groups -OCH3 is 1. The van der Waals surface area contributed by atoms with E-state index < -0.39 is 15.8 Å². The molecule has 0 saturated carbocycles. The maximum Gasteiger partial charge on any atom is 0.243 e. The van der Waals surface area contributed by atoms with Crippen LogP contribution >= 0.6 is 35.6 Å². The van der Waals surface area contributed by atoms with E-state index in [2.05, 4.69) is 10.0 Å². The third-order valence-electron chi connectivity index (χ3n) is 2.31. The van der Waals surface area contributed by atoms with E-state index in [1.807, 2.05) is 0 Å². The van der Waals surface area contributed by atoms with Gasteiger partial charge in [-0.15, -0.1) is 12.4 Å². The molecule has 0 aliphatic rings. The summed E-state index contributed by atoms with van der Waals surface area (Å²) >= 11 is 11.4. The molecule has 0 spiro atoms. The minimum atomic E-state index is -3.88. The first-order valence-corrected chi connectivity index (χ1v) is 7.96. The summed E-state index contributed by atoms with van der Waals surface area (Å²) in [5, 5.41) is 2.46. The Morgan fingerprint density at radius 1 is 1.19 bits per heavy atom. The van der Waals surface area contributed by atoms with Crippen LogP contribution in [-0.2, 0) is 14.8 Å². The number of ether oxygens (including phenoxy) is 1. The fourth-order valence-corrected chi connectivity index (χ4v) is 3.65. The van der Waals surface area contributed by atoms with E-state index in [1.165, 1.54) is 0 Å². The van der Waals surface area contributed by atoms with Gasteiger partial charge in [-0.2, -0.15) is 0 Å². The lowest BCUT2D eigenvalue weighted by Gasteiger charge is -2.10. The van der Waals surface area contributed by atoms with E-state index in [0.29, 0.717) is 19.7 Å². The number of halogens is 4. The summed E-state index contributed by atoms with van der Waals surface area (Å²) in [7, 11) is -2.31. The van der Waals surface area contributed by atoms with Crippen molar-refractivity contribution in [2.45, 2.75) is 4.90 Å². The van der Waals surface area contributed by atoms with Gasteiger partial charge in [0.15, 0.2) is 0 Å². The highest BCUT2D eigenvalue weighted by atomic mass is 35.5. The van der Waals surface area contributed by atoms with Gasteiger partial charge in [-0.1, -0.05) is 23.2 Å². The fourth-order valence-electron chi connectivity index (χ4n) is 1.43. The fraction of sp³-hybridized carbons (Fsp3) is 0.455. The van der Waals surface area contributed by atoms with Crippen LogP contribution in [0.1, 0.15) is 0 Å². The van der Waals surface area contributed by atoms with Gasteiger partial charge in [-0.3, -0.25) is 0 Å². The van der Waals surface area contributed by atoms with Gasteiger partial charge in [-0.25, -0.2) is 17.5 Å². The Bertz CT molecular complexity index is 535. The first-order chi connectivity index (χ1) is 9.38. The first kappa shape index (κ1) is 20.9. The van der Waals surface area contributed by atoms with Crippen molar-refractivity contribution in [2.24, 2.45) is 0 Å². The molecular weight excluding hydrogens is 366 g/mol. The maximum atomic E-state index is 13.0. The SMILES string of the molecule is COCCNCCNS(=O)(=O)c1c(Cl)cc(F)cc1Cl.Cl. The van der Waals surface area contributed by atoms with Crippen LogP contribution in [0.3, 0.4) is 0 Å². The molecule has 21 heavy (non-hydrogen) atoms. The standard InChI is InChI=1S/C11H15Cl2FN2O3S.ClH/c1-19-5-4-15-2-3-16-20(17,18)11-9(12)6-8(14)7-10(11)13;/h6-7,15-16H,2-5H2,1H3;1H. The molecule has 0 fully saturated rings. The summed E-state index contributed by atoms with van der Waals surface area (Å²) in [6, 6.07) is 1.80. The average molecular weight is 382 g/mol. The molecule has 0 saturated heterocycles. The van der Waals surface area contributed by atoms with Crippen LogP contribution in [0.5, 0.6) is 0 Å². The van der Waals surface area contributed by atoms with Gasteiger partial charge in [0, 0.05) is 26.7 Å². The predicted molar refractivity (Wildman–Crippen MR) is 83.6 cm³/mol. The Balaban J connectivity index is 0.00000400. The number of hydrogen-bond acceptors (Lipinski definition) is 4. The third kappa shape index (κ3) is 6.65. The minimum absolute atomic E-state index is 0. The number of sulfonamides is 1. The molecule has 0 atom stereocenters. The molecule has 0 bridgehead atoms. The van der Waals surface area contributed by atoms with Gasteiger partial charge in [0.2, 0.25) is 10.0 Å². The lowest BCUT2D eigenvalue weighted by molar-refractivity contribution is 0.199. The van der Waals surface area contributed by atoms with E-state index in [1.54, 1.807) is 7.11 Å². The summed E-state index contributed by atoms with van der Waals surface area (Å²) in [5.74, 6) is -0.694. The lowest BCUT2D eigenvalue weighted by atomic mass is 10.3. The quantitative estimate of drug-likeness (QED) is 0.677. The molecule has 1 aromatic carbocycles. The predicted octanol–water partition coefficient (Wildman–Crippen LogP) is 2.07. The second-order valence-corrected chi connectivity index (χ2v) is 6.36. The van der Waals surface area contributed by atoms with Crippen molar-refractivity contribution in [3.05, 3.63) is 28.0 Å². The van der Waals surface area contributed by atoms with Crippen molar-refractivity contribution >= 4 is 45.6 Å². The Morgan fingerprint density at radius 2 is 1.76 bits per heavy atom. The molecule has 0 aliphatic carbocycles. The molecule has 0 unspecified atom stereocenters. The summed E-state index contributed by atoms with van der Waals surface area (Å²) < 4.78 is 44.2. The van der Waals surface area contributed by atoms with Crippen LogP contribution < -0.4 is 10.0 Å². The van der Waals surface area contributed by atoms with Crippen molar-refractivity contribution in [3.8, 4) is 0 Å². The van der Waals surface area contributed by atoms with Gasteiger partial charge in [0.25, 0.3) is 0 Å². The van der Waals surface area contributed by atoms with Gasteiger partial charge < -0.3 is 10.1 Å². The zero-order valence-electron chi connectivity index (χ0n) is 11.2. The van der Waals surface area contributed by atoms with Crippen molar-refractivity contribution in [1.82, 2.24) is 10.0 Å². The molecule has 1 rings (SSSR count). The van der Waals surface area contributed by atoms with Crippen LogP contribution in [0.25, 0.3) is 0 Å². The zero-order valence-corrected chi connectivity index (χ0v) is 14.3. The summed E-state index contributed by atoms with van der Waals surface area (Å²) in [5.41, 5.74) is 0. The zero-order chi connectivity index (χ0) is 15.2. The normalized spacial score (nSPS) is 11.2. The molecular formula is C11H16Cl3FN2O3S. The van der Waals surface area contributed by atoms with Gasteiger partial charge in [0.05, 0.1) is 16.7 Å². The van der Waals surface area contributed by atoms with Crippen LogP contribution in [-0.4, -0.2) is 41.8 Å². The monoisotopic (exact) mass is 380 g/mol. The van der Waals surface area contributed by atoms with Crippen molar-refractivity contribution in [3.63, 3.8) is 0 Å². The molecule has 10 heteroatoms. The highest BCUT2D eigenvalue weighted by Crippen LogP contribution is 2.30. The van der Waals surface area contributed by atoms with Crippen LogP contribution in [0.15, 0.2) is 17.0 Å². The molecule has 0 amide bonds. The van der Waals surface area contributed by atoms with Gasteiger partial charge >= 0.3 is 0 Å². The van der Waals surface area contributed by atoms with E-state index in [9.17, 15) is 12.8 Å². The lowest BCUT2D eigenvalue weighted by Crippen LogP contribution is -2.33. The summed E-state index contributed by atoms with van der Waals surface area (Å²) in [4.78, 5) is -0.320. The van der Waals surface area contributed by atoms with Crippen molar-refractivity contribution < 1.29 is 17.5 Å². The van der Waals surface area contributed by atoms with Crippen molar-refractivity contribution in [1.29, 1.82) is 0 Å². The Kier molecular flexibility index (Phi) is 9.71. The van der Waals surface area contributed by atoms with E-state index in [-0.39, 0.29) is 33.9 Å². The molecule has 122 valence electrons. The second-order valence-electron chi connectivity index (χ2n) is 3.84. The number of rotatable bonds is 8. The highest BCUT2D eigenvalue weighted by Gasteiger charge is 2.22. The highest BCUT2D eigenvalue weighted by molar-refractivity contribution is 7.89. The van der Waals surface area contributed by atoms with E-state index in [4.69, 9.17) is 27.9 Å². The Morgan fingerprint density at radius 3 is 2.29 bits per heavy atom. The van der Waals surface area contributed by atoms with Crippen LogP contribution in [0.4, 0.5) is 4.39 Å². The molecule has 0 heterocycles. The molecule has 2 N–H and O–H groups in total. The summed E-state index contributed by atoms with van der Waals surface area (Å²) in [6.07, 6.45) is 0. The minimum Gasteiger partial charge on any atom is -0.383 e. The third-order valence-corrected chi connectivity index (χ3v) is 4.69. The number of benzene rings is 1. The molecule has 0 aromatic heterocycles. The topological polar surface area (TPSA) is 67.4 Å². The number of hydrogen-bond donors (Lipinski definition) is 2. The Hall–Kier alpha value is -0.150. The maximum absolute atomic E-state index is 13.0. The van der Waals surface area contributed by atoms with Gasteiger partial charge in [-0.05, 0) is 12.1 Å². The molecule has 5 nitrogen and oxygen atoms in total. The van der Waals surface area contributed by atoms with E-state index >= 15 is 0 Å². The van der Waals surface area contributed by atoms with Crippen molar-refractivity contribution in [2.75, 3.05) is 33.4 Å². The summed E-state index contributed by atoms with van der Waals surface area (Å²) in [6.45, 7) is 1.70. The average Bonchev–Trinajstić information content (AvgIpc) is 2.31. The second kappa shape index (κ2) is 9.78. The largest absolute Gasteiger partial charge is 0.383 e. The van der Waals surface area contributed by atoms with Gasteiger partial charge in [0.1, 0.15) is 10.7 Å². The molecule has 0 radical (unpaired) electrons. The smallest absolute Gasteiger partial charge is 0.243 e. The first-order valence-electron chi connectivity index (χ1n) is 5.72. The molecule has 1 aromatic rings. The Labute approximate surface area is 139 Å². The molecule has 0 aliphatic heterocycles. The number of nitrogens with one attached hydrogen (secondary N) is 2. The van der Waals surface area contributed by atoms with Crippen LogP contribution in [0.2, 0.25) is 10.0 Å².